The van der Waals surface area contributed by atoms with Crippen molar-refractivity contribution in [2.24, 2.45) is 0 Å². The van der Waals surface area contributed by atoms with Gasteiger partial charge in [-0.15, -0.1) is 11.3 Å². The second-order valence-electron chi connectivity index (χ2n) is 4.12. The van der Waals surface area contributed by atoms with Crippen molar-refractivity contribution < 1.29 is 8.42 Å². The van der Waals surface area contributed by atoms with Crippen LogP contribution in [0.1, 0.15) is 37.6 Å². The quantitative estimate of drug-likeness (QED) is 0.685. The third-order valence-electron chi connectivity index (χ3n) is 2.63. The van der Waals surface area contributed by atoms with Crippen LogP contribution in [0.4, 0.5) is 0 Å². The third-order valence-corrected chi connectivity index (χ3v) is 5.09. The molecule has 0 saturated carbocycles. The van der Waals surface area contributed by atoms with Crippen LogP contribution in [-0.4, -0.2) is 27.3 Å². The van der Waals surface area contributed by atoms with Crippen molar-refractivity contribution in [2.75, 3.05) is 18.8 Å². The van der Waals surface area contributed by atoms with E-state index in [0.717, 1.165) is 24.4 Å². The highest BCUT2D eigenvalue weighted by atomic mass is 32.2. The molecule has 1 atom stereocenters. The molecule has 0 aliphatic heterocycles. The van der Waals surface area contributed by atoms with Gasteiger partial charge in [-0.2, -0.15) is 0 Å². The van der Waals surface area contributed by atoms with Gasteiger partial charge < -0.3 is 5.32 Å². The van der Waals surface area contributed by atoms with E-state index in [1.54, 1.807) is 11.3 Å². The van der Waals surface area contributed by atoms with Crippen molar-refractivity contribution >= 4 is 21.4 Å². The van der Waals surface area contributed by atoms with Crippen LogP contribution in [0.15, 0.2) is 17.5 Å². The van der Waals surface area contributed by atoms with E-state index < -0.39 is 10.0 Å². The first-order chi connectivity index (χ1) is 8.59. The first kappa shape index (κ1) is 15.6. The molecule has 6 heteroatoms. The predicted molar refractivity (Wildman–Crippen MR) is 77.4 cm³/mol. The molecule has 18 heavy (non-hydrogen) atoms. The molecule has 0 aliphatic carbocycles. The van der Waals surface area contributed by atoms with Crippen LogP contribution >= 0.6 is 11.3 Å². The van der Waals surface area contributed by atoms with E-state index in [2.05, 4.69) is 10.0 Å². The van der Waals surface area contributed by atoms with E-state index in [1.165, 1.54) is 0 Å². The van der Waals surface area contributed by atoms with Gasteiger partial charge in [0.05, 0.1) is 11.8 Å². The van der Waals surface area contributed by atoms with Gasteiger partial charge in [0.25, 0.3) is 0 Å². The molecular weight excluding hydrogens is 268 g/mol. The summed E-state index contributed by atoms with van der Waals surface area (Å²) >= 11 is 1.59. The normalized spacial score (nSPS) is 13.7. The Morgan fingerprint density at radius 2 is 2.17 bits per heavy atom. The second-order valence-corrected chi connectivity index (χ2v) is 6.97. The lowest BCUT2D eigenvalue weighted by molar-refractivity contribution is 0.549. The average Bonchev–Trinajstić information content (AvgIpc) is 2.85. The van der Waals surface area contributed by atoms with E-state index in [0.29, 0.717) is 6.42 Å². The summed E-state index contributed by atoms with van der Waals surface area (Å²) in [6.07, 6.45) is 1.41. The number of sulfonamides is 1. The predicted octanol–water partition coefficient (Wildman–Crippen LogP) is 2.12. The number of hydrogen-bond acceptors (Lipinski definition) is 4. The van der Waals surface area contributed by atoms with Crippen molar-refractivity contribution in [3.8, 4) is 0 Å². The van der Waals surface area contributed by atoms with E-state index >= 15 is 0 Å². The Kier molecular flexibility index (Phi) is 6.85. The SMILES string of the molecule is CCNCCCS(=O)(=O)NC(CC)c1cccs1. The molecular formula is C12H22N2O2S2. The molecule has 0 amide bonds. The largest absolute Gasteiger partial charge is 0.317 e. The summed E-state index contributed by atoms with van der Waals surface area (Å²) in [5, 5.41) is 5.10. The minimum absolute atomic E-state index is 0.0888. The van der Waals surface area contributed by atoms with Gasteiger partial charge >= 0.3 is 0 Å². The minimum atomic E-state index is -3.18. The van der Waals surface area contributed by atoms with E-state index in [4.69, 9.17) is 0 Å². The number of thiophene rings is 1. The van der Waals surface area contributed by atoms with Crippen LogP contribution < -0.4 is 10.0 Å². The summed E-state index contributed by atoms with van der Waals surface area (Å²) in [5.41, 5.74) is 0. The van der Waals surface area contributed by atoms with E-state index in [9.17, 15) is 8.42 Å². The standard InChI is InChI=1S/C12H22N2O2S2/c1-3-11(12-7-5-9-17-12)14-18(15,16)10-6-8-13-4-2/h5,7,9,11,13-14H,3-4,6,8,10H2,1-2H3. The van der Waals surface area contributed by atoms with Gasteiger partial charge in [0.2, 0.25) is 10.0 Å². The lowest BCUT2D eigenvalue weighted by Gasteiger charge is -2.15. The first-order valence-electron chi connectivity index (χ1n) is 6.33. The Morgan fingerprint density at radius 1 is 1.39 bits per heavy atom. The third kappa shape index (κ3) is 5.48. The Balaban J connectivity index is 2.48. The highest BCUT2D eigenvalue weighted by Gasteiger charge is 2.18. The number of rotatable bonds is 9. The van der Waals surface area contributed by atoms with Crippen LogP contribution in [-0.2, 0) is 10.0 Å². The molecule has 0 spiro atoms. The smallest absolute Gasteiger partial charge is 0.212 e. The van der Waals surface area contributed by atoms with E-state index in [-0.39, 0.29) is 11.8 Å². The molecule has 1 unspecified atom stereocenters. The summed E-state index contributed by atoms with van der Waals surface area (Å²) in [6.45, 7) is 5.62. The van der Waals surface area contributed by atoms with Crippen LogP contribution in [0.2, 0.25) is 0 Å². The molecule has 0 bridgehead atoms. The molecule has 0 radical (unpaired) electrons. The van der Waals surface area contributed by atoms with Gasteiger partial charge in [0, 0.05) is 4.88 Å². The molecule has 1 rings (SSSR count). The van der Waals surface area contributed by atoms with Gasteiger partial charge in [-0.25, -0.2) is 13.1 Å². The topological polar surface area (TPSA) is 58.2 Å². The van der Waals surface area contributed by atoms with Gasteiger partial charge in [-0.1, -0.05) is 19.9 Å². The van der Waals surface area contributed by atoms with Gasteiger partial charge in [0.15, 0.2) is 0 Å². The highest BCUT2D eigenvalue weighted by Crippen LogP contribution is 2.22. The molecule has 4 nitrogen and oxygen atoms in total. The van der Waals surface area contributed by atoms with Gasteiger partial charge in [-0.05, 0) is 37.4 Å². The summed E-state index contributed by atoms with van der Waals surface area (Å²) in [7, 11) is -3.18. The zero-order valence-corrected chi connectivity index (χ0v) is 12.6. The Hall–Kier alpha value is -0.430. The highest BCUT2D eigenvalue weighted by molar-refractivity contribution is 7.89. The monoisotopic (exact) mass is 290 g/mol. The fraction of sp³-hybridized carbons (Fsp3) is 0.667. The van der Waals surface area contributed by atoms with Gasteiger partial charge in [0.1, 0.15) is 0 Å². The Morgan fingerprint density at radius 3 is 2.72 bits per heavy atom. The van der Waals surface area contributed by atoms with Crippen molar-refractivity contribution in [1.82, 2.24) is 10.0 Å². The van der Waals surface area contributed by atoms with Crippen LogP contribution in [0.5, 0.6) is 0 Å². The molecule has 0 saturated heterocycles. The fourth-order valence-electron chi connectivity index (χ4n) is 1.67. The maximum Gasteiger partial charge on any atom is 0.212 e. The van der Waals surface area contributed by atoms with Crippen molar-refractivity contribution in [1.29, 1.82) is 0 Å². The number of hydrogen-bond donors (Lipinski definition) is 2. The first-order valence-corrected chi connectivity index (χ1v) is 8.86. The maximum absolute atomic E-state index is 11.9. The number of nitrogens with one attached hydrogen (secondary N) is 2. The summed E-state index contributed by atoms with van der Waals surface area (Å²) in [4.78, 5) is 1.08. The average molecular weight is 290 g/mol. The second kappa shape index (κ2) is 7.89. The molecule has 2 N–H and O–H groups in total. The van der Waals surface area contributed by atoms with Crippen molar-refractivity contribution in [2.45, 2.75) is 32.7 Å². The summed E-state index contributed by atoms with van der Waals surface area (Å²) in [5.74, 6) is 0.182. The molecule has 1 aromatic heterocycles. The molecule has 0 aliphatic rings. The minimum Gasteiger partial charge on any atom is -0.317 e. The lowest BCUT2D eigenvalue weighted by atomic mass is 10.2. The fourth-order valence-corrected chi connectivity index (χ4v) is 3.98. The van der Waals surface area contributed by atoms with Gasteiger partial charge in [-0.3, -0.25) is 0 Å². The van der Waals surface area contributed by atoms with Crippen LogP contribution in [0.25, 0.3) is 0 Å². The Labute approximate surface area is 114 Å². The van der Waals surface area contributed by atoms with Crippen molar-refractivity contribution in [3.63, 3.8) is 0 Å². The maximum atomic E-state index is 11.9. The molecule has 1 heterocycles. The zero-order chi connectivity index (χ0) is 13.4. The van der Waals surface area contributed by atoms with Crippen LogP contribution in [0.3, 0.4) is 0 Å². The molecule has 0 aromatic carbocycles. The van der Waals surface area contributed by atoms with Crippen molar-refractivity contribution in [3.05, 3.63) is 22.4 Å². The van der Waals surface area contributed by atoms with Crippen LogP contribution in [0, 0.1) is 0 Å². The lowest BCUT2D eigenvalue weighted by Crippen LogP contribution is -2.31. The Bertz CT molecular complexity index is 415. The summed E-state index contributed by atoms with van der Waals surface area (Å²) in [6, 6.07) is 3.83. The zero-order valence-electron chi connectivity index (χ0n) is 11.0. The summed E-state index contributed by atoms with van der Waals surface area (Å²) < 4.78 is 26.6. The molecule has 0 fully saturated rings. The van der Waals surface area contributed by atoms with E-state index in [1.807, 2.05) is 31.4 Å². The molecule has 104 valence electrons. The molecule has 1 aromatic rings.